The molecule has 0 amide bonds. The number of rotatable bonds is 10. The first kappa shape index (κ1) is 33.2. The minimum absolute atomic E-state index is 0.199. The summed E-state index contributed by atoms with van der Waals surface area (Å²) in [6.07, 6.45) is 0. The highest BCUT2D eigenvalue weighted by Crippen LogP contribution is 2.16. The van der Waals surface area contributed by atoms with E-state index in [0.29, 0.717) is 45.2 Å². The van der Waals surface area contributed by atoms with E-state index in [4.69, 9.17) is 38.6 Å². The molecule has 0 aliphatic rings. The Balaban J connectivity index is 1.61. The molecule has 0 atom stereocenters. The Morgan fingerprint density at radius 2 is 0.935 bits per heavy atom. The fourth-order valence-electron chi connectivity index (χ4n) is 4.00. The lowest BCUT2D eigenvalue weighted by Crippen LogP contribution is -2.31. The Labute approximate surface area is 276 Å². The van der Waals surface area contributed by atoms with Gasteiger partial charge in [0.2, 0.25) is 0 Å². The number of hydrazone groups is 2. The van der Waals surface area contributed by atoms with E-state index in [-0.39, 0.29) is 10.2 Å². The van der Waals surface area contributed by atoms with Crippen LogP contribution in [0.1, 0.15) is 31.8 Å². The van der Waals surface area contributed by atoms with E-state index < -0.39 is 11.9 Å². The van der Waals surface area contributed by atoms with Gasteiger partial charge in [0, 0.05) is 22.5 Å². The van der Waals surface area contributed by atoms with Crippen LogP contribution in [0.25, 0.3) is 0 Å². The van der Waals surface area contributed by atoms with Gasteiger partial charge >= 0.3 is 11.9 Å². The summed E-state index contributed by atoms with van der Waals surface area (Å²) in [6.45, 7) is 0. The predicted octanol–water partition coefficient (Wildman–Crippen LogP) is 5.35. The number of benzene rings is 4. The minimum atomic E-state index is -0.437. The molecule has 0 radical (unpaired) electrons. The topological polar surface area (TPSA) is 135 Å². The Morgan fingerprint density at radius 1 is 0.543 bits per heavy atom. The van der Waals surface area contributed by atoms with Crippen LogP contribution in [-0.4, -0.2) is 54.9 Å². The SMILES string of the molecule is COC(=O)c1ccc(NC(=S)N/N=C(\C(=N/NC(=S)Nc2ccc(C(=O)OC)cc2)c2ccc(OC)cc2)c2ccccc2)cc1. The first-order chi connectivity index (χ1) is 22.3. The van der Waals surface area contributed by atoms with Crippen molar-refractivity contribution in [3.05, 3.63) is 125 Å². The molecule has 0 saturated carbocycles. The van der Waals surface area contributed by atoms with Crippen LogP contribution in [0, 0.1) is 0 Å². The molecular weight excluding hydrogens is 625 g/mol. The predicted molar refractivity (Wildman–Crippen MR) is 187 cm³/mol. The van der Waals surface area contributed by atoms with E-state index >= 15 is 0 Å². The highest BCUT2D eigenvalue weighted by atomic mass is 32.1. The normalized spacial score (nSPS) is 11.1. The molecule has 13 heteroatoms. The van der Waals surface area contributed by atoms with Gasteiger partial charge in [-0.2, -0.15) is 10.2 Å². The summed E-state index contributed by atoms with van der Waals surface area (Å²) < 4.78 is 14.8. The van der Waals surface area contributed by atoms with Crippen molar-refractivity contribution in [2.45, 2.75) is 0 Å². The van der Waals surface area contributed by atoms with E-state index in [0.717, 1.165) is 5.56 Å². The summed E-state index contributed by atoms with van der Waals surface area (Å²) >= 11 is 11.0. The second-order valence-corrected chi connectivity index (χ2v) is 10.1. The zero-order chi connectivity index (χ0) is 32.9. The molecule has 0 unspecified atom stereocenters. The van der Waals surface area contributed by atoms with Crippen LogP contribution in [-0.2, 0) is 9.47 Å². The fraction of sp³-hybridized carbons (Fsp3) is 0.0909. The second kappa shape index (κ2) is 16.4. The van der Waals surface area contributed by atoms with Crippen LogP contribution < -0.4 is 26.2 Å². The third-order valence-electron chi connectivity index (χ3n) is 6.30. The van der Waals surface area contributed by atoms with Crippen LogP contribution >= 0.6 is 24.4 Å². The minimum Gasteiger partial charge on any atom is -0.497 e. The van der Waals surface area contributed by atoms with Gasteiger partial charge in [0.15, 0.2) is 10.2 Å². The summed E-state index contributed by atoms with van der Waals surface area (Å²) in [6, 6.07) is 30.1. The molecule has 4 aromatic rings. The lowest BCUT2D eigenvalue weighted by Gasteiger charge is -2.14. The molecule has 4 N–H and O–H groups in total. The van der Waals surface area contributed by atoms with Gasteiger partial charge in [-0.1, -0.05) is 30.3 Å². The number of carbonyl (C=O) groups is 2. The molecule has 0 aliphatic carbocycles. The molecule has 0 aliphatic heterocycles. The van der Waals surface area contributed by atoms with Crippen molar-refractivity contribution in [1.82, 2.24) is 10.9 Å². The van der Waals surface area contributed by atoms with E-state index in [1.807, 2.05) is 54.6 Å². The Kier molecular flexibility index (Phi) is 11.9. The third kappa shape index (κ3) is 9.17. The number of carbonyl (C=O) groups excluding carboxylic acids is 2. The molecule has 0 fully saturated rings. The molecule has 4 rings (SSSR count). The number of ether oxygens (including phenoxy) is 3. The lowest BCUT2D eigenvalue weighted by molar-refractivity contribution is 0.0592. The maximum absolute atomic E-state index is 11.8. The Morgan fingerprint density at radius 3 is 1.33 bits per heavy atom. The number of nitrogens with zero attached hydrogens (tertiary/aromatic N) is 2. The van der Waals surface area contributed by atoms with Gasteiger partial charge in [-0.25, -0.2) is 9.59 Å². The van der Waals surface area contributed by atoms with Crippen molar-refractivity contribution in [3.63, 3.8) is 0 Å². The van der Waals surface area contributed by atoms with Crippen molar-refractivity contribution in [2.75, 3.05) is 32.0 Å². The van der Waals surface area contributed by atoms with Gasteiger partial charge in [0.1, 0.15) is 17.2 Å². The van der Waals surface area contributed by atoms with Gasteiger partial charge in [0.25, 0.3) is 0 Å². The largest absolute Gasteiger partial charge is 0.497 e. The molecule has 234 valence electrons. The van der Waals surface area contributed by atoms with Crippen molar-refractivity contribution in [1.29, 1.82) is 0 Å². The first-order valence-electron chi connectivity index (χ1n) is 13.7. The summed E-state index contributed by atoms with van der Waals surface area (Å²) in [5.41, 5.74) is 10.2. The number of thiocarbonyl (C=S) groups is 2. The quantitative estimate of drug-likeness (QED) is 0.0763. The lowest BCUT2D eigenvalue weighted by atomic mass is 10.00. The molecular formula is C33H30N6O5S2. The van der Waals surface area contributed by atoms with Crippen LogP contribution in [0.15, 0.2) is 113 Å². The summed E-state index contributed by atoms with van der Waals surface area (Å²) in [5, 5.41) is 15.8. The first-order valence-corrected chi connectivity index (χ1v) is 14.5. The Bertz CT molecular complexity index is 1740. The molecule has 0 saturated heterocycles. The molecule has 0 spiro atoms. The van der Waals surface area contributed by atoms with Gasteiger partial charge in [-0.05, 0) is 97.2 Å². The van der Waals surface area contributed by atoms with Crippen LogP contribution in [0.3, 0.4) is 0 Å². The van der Waals surface area contributed by atoms with Gasteiger partial charge in [-0.3, -0.25) is 10.9 Å². The highest BCUT2D eigenvalue weighted by molar-refractivity contribution is 7.80. The monoisotopic (exact) mass is 654 g/mol. The zero-order valence-corrected chi connectivity index (χ0v) is 26.7. The smallest absolute Gasteiger partial charge is 0.337 e. The van der Waals surface area contributed by atoms with Gasteiger partial charge < -0.3 is 24.8 Å². The second-order valence-electron chi connectivity index (χ2n) is 9.29. The number of methoxy groups -OCH3 is 3. The standard InChI is InChI=1S/C33H30N6O5S2/c1-42-27-19-13-22(14-20-27)29(37-39-33(46)35-26-17-11-24(12-18-26)31(41)44-3)28(21-7-5-4-6-8-21)36-38-32(45)34-25-15-9-23(10-16-25)30(40)43-2/h4-20H,1-3H3,(H2,34,38,45)(H2,35,39,46)/b36-28-,37-29-. The molecule has 4 aromatic carbocycles. The van der Waals surface area contributed by atoms with E-state index in [1.165, 1.54) is 14.2 Å². The van der Waals surface area contributed by atoms with E-state index in [1.54, 1.807) is 55.6 Å². The summed E-state index contributed by atoms with van der Waals surface area (Å²) in [5.74, 6) is -0.202. The van der Waals surface area contributed by atoms with Crippen molar-refractivity contribution >= 4 is 69.4 Å². The number of anilines is 2. The Hall–Kier alpha value is -5.66. The molecule has 0 bridgehead atoms. The number of nitrogens with one attached hydrogen (secondary N) is 4. The number of esters is 2. The van der Waals surface area contributed by atoms with Gasteiger partial charge in [0.05, 0.1) is 32.5 Å². The average molecular weight is 655 g/mol. The van der Waals surface area contributed by atoms with Crippen molar-refractivity contribution in [2.24, 2.45) is 10.2 Å². The highest BCUT2D eigenvalue weighted by Gasteiger charge is 2.17. The van der Waals surface area contributed by atoms with Crippen molar-refractivity contribution in [3.8, 4) is 5.75 Å². The van der Waals surface area contributed by atoms with Crippen LogP contribution in [0.4, 0.5) is 11.4 Å². The molecule has 11 nitrogen and oxygen atoms in total. The average Bonchev–Trinajstić information content (AvgIpc) is 3.10. The maximum atomic E-state index is 11.8. The van der Waals surface area contributed by atoms with Crippen LogP contribution in [0.2, 0.25) is 0 Å². The fourth-order valence-corrected chi connectivity index (χ4v) is 4.33. The third-order valence-corrected chi connectivity index (χ3v) is 6.69. The summed E-state index contributed by atoms with van der Waals surface area (Å²) in [7, 11) is 4.24. The molecule has 0 heterocycles. The van der Waals surface area contributed by atoms with Crippen LogP contribution in [0.5, 0.6) is 5.75 Å². The van der Waals surface area contributed by atoms with Gasteiger partial charge in [-0.15, -0.1) is 0 Å². The number of hydrogen-bond donors (Lipinski definition) is 4. The maximum Gasteiger partial charge on any atom is 0.337 e. The van der Waals surface area contributed by atoms with E-state index in [9.17, 15) is 9.59 Å². The summed E-state index contributed by atoms with van der Waals surface area (Å²) in [4.78, 5) is 23.5. The molecule has 46 heavy (non-hydrogen) atoms. The molecule has 0 aromatic heterocycles. The van der Waals surface area contributed by atoms with Crippen molar-refractivity contribution < 1.29 is 23.8 Å². The zero-order valence-electron chi connectivity index (χ0n) is 25.1. The van der Waals surface area contributed by atoms with E-state index in [2.05, 4.69) is 31.7 Å². The number of hydrogen-bond acceptors (Lipinski definition) is 9.